The van der Waals surface area contributed by atoms with Crippen LogP contribution in [0.4, 0.5) is 16.2 Å². The first kappa shape index (κ1) is 21.3. The Kier molecular flexibility index (Phi) is 5.41. The van der Waals surface area contributed by atoms with Gasteiger partial charge in [0.25, 0.3) is 5.91 Å². The maximum atomic E-state index is 14.8. The quantitative estimate of drug-likeness (QED) is 0.615. The zero-order valence-electron chi connectivity index (χ0n) is 18.4. The minimum Gasteiger partial charge on any atom is -0.496 e. The van der Waals surface area contributed by atoms with Crippen molar-refractivity contribution in [3.63, 3.8) is 0 Å². The van der Waals surface area contributed by atoms with Crippen LogP contribution in [0.2, 0.25) is 0 Å². The van der Waals surface area contributed by atoms with Gasteiger partial charge in [-0.15, -0.1) is 0 Å². The molecule has 0 bridgehead atoms. The second-order valence-corrected chi connectivity index (χ2v) is 8.33. The third-order valence-corrected chi connectivity index (χ3v) is 6.19. The average Bonchev–Trinajstić information content (AvgIpc) is 3.36. The Bertz CT molecular complexity index is 1230. The summed E-state index contributed by atoms with van der Waals surface area (Å²) in [5.41, 5.74) is 2.34. The fraction of sp³-hybridized carbons (Fsp3) is 0.333. The van der Waals surface area contributed by atoms with E-state index in [9.17, 15) is 14.3 Å². The first-order chi connectivity index (χ1) is 16.0. The Balaban J connectivity index is 1.51. The van der Waals surface area contributed by atoms with Gasteiger partial charge < -0.3 is 15.2 Å². The molecule has 2 aromatic heterocycles. The molecule has 1 aliphatic carbocycles. The smallest absolute Gasteiger partial charge is 0.260 e. The van der Waals surface area contributed by atoms with Gasteiger partial charge in [-0.2, -0.15) is 4.98 Å². The van der Waals surface area contributed by atoms with Gasteiger partial charge in [0, 0.05) is 29.1 Å². The minimum atomic E-state index is -0.472. The van der Waals surface area contributed by atoms with Crippen molar-refractivity contribution in [3.05, 3.63) is 59.2 Å². The molecule has 2 aliphatic rings. The van der Waals surface area contributed by atoms with E-state index in [1.165, 1.54) is 24.3 Å². The molecular formula is C24H24FN5O3. The number of amides is 1. The van der Waals surface area contributed by atoms with Crippen LogP contribution < -0.4 is 15.0 Å². The number of nitrogens with zero attached hydrogens (tertiary/aromatic N) is 4. The molecule has 0 saturated heterocycles. The van der Waals surface area contributed by atoms with Crippen LogP contribution in [0.1, 0.15) is 40.9 Å². The van der Waals surface area contributed by atoms with Crippen molar-refractivity contribution in [2.45, 2.75) is 44.9 Å². The van der Waals surface area contributed by atoms with E-state index in [-0.39, 0.29) is 24.1 Å². The summed E-state index contributed by atoms with van der Waals surface area (Å²) >= 11 is 0. The number of aryl methyl sites for hydroxylation is 1. The molecule has 1 amide bonds. The number of carbonyl (C=O) groups is 1. The molecule has 33 heavy (non-hydrogen) atoms. The van der Waals surface area contributed by atoms with Gasteiger partial charge in [-0.05, 0) is 44.4 Å². The fourth-order valence-corrected chi connectivity index (χ4v) is 4.56. The van der Waals surface area contributed by atoms with Crippen molar-refractivity contribution in [1.82, 2.24) is 15.0 Å². The van der Waals surface area contributed by atoms with Gasteiger partial charge in [-0.25, -0.2) is 9.37 Å². The monoisotopic (exact) mass is 449 g/mol. The Morgan fingerprint density at radius 2 is 2.09 bits per heavy atom. The third kappa shape index (κ3) is 3.78. The standard InChI is InChI=1S/C24H24FN5O3/c1-13-11-20(29-24(27-13)28-17-6-4-7-18(17)31)30-12-15-14(23(30)32)9-10-26-22(15)21-16(25)5-3-8-19(21)33-2/h3,5,8-11,17-18,31H,4,6-7,12H2,1-2H3,(H,27,28,29)/t17-,18-/m1/s1. The number of hydrogen-bond donors (Lipinski definition) is 2. The molecule has 5 rings (SSSR count). The van der Waals surface area contributed by atoms with Crippen LogP contribution >= 0.6 is 0 Å². The summed E-state index contributed by atoms with van der Waals surface area (Å²) in [7, 11) is 1.47. The highest BCUT2D eigenvalue weighted by Gasteiger charge is 2.34. The molecular weight excluding hydrogens is 425 g/mol. The molecule has 1 saturated carbocycles. The van der Waals surface area contributed by atoms with Gasteiger partial charge in [0.2, 0.25) is 5.95 Å². The summed E-state index contributed by atoms with van der Waals surface area (Å²) in [5, 5.41) is 13.3. The number of rotatable bonds is 5. The molecule has 3 heterocycles. The number of anilines is 2. The minimum absolute atomic E-state index is 0.115. The number of pyridine rings is 1. The van der Waals surface area contributed by atoms with Crippen LogP contribution in [0.25, 0.3) is 11.3 Å². The zero-order valence-corrected chi connectivity index (χ0v) is 18.4. The summed E-state index contributed by atoms with van der Waals surface area (Å²) in [6, 6.07) is 7.83. The second kappa shape index (κ2) is 8.40. The van der Waals surface area contributed by atoms with E-state index >= 15 is 0 Å². The second-order valence-electron chi connectivity index (χ2n) is 8.33. The lowest BCUT2D eigenvalue weighted by Gasteiger charge is -2.20. The number of aliphatic hydroxyl groups is 1. The fourth-order valence-electron chi connectivity index (χ4n) is 4.56. The number of benzene rings is 1. The van der Waals surface area contributed by atoms with Gasteiger partial charge in [-0.3, -0.25) is 14.7 Å². The Labute approximate surface area is 190 Å². The molecule has 1 aromatic carbocycles. The van der Waals surface area contributed by atoms with E-state index in [2.05, 4.69) is 20.3 Å². The maximum Gasteiger partial charge on any atom is 0.260 e. The largest absolute Gasteiger partial charge is 0.496 e. The van der Waals surface area contributed by atoms with Crippen molar-refractivity contribution in [3.8, 4) is 17.0 Å². The molecule has 8 nitrogen and oxygen atoms in total. The number of carbonyl (C=O) groups excluding carboxylic acids is 1. The SMILES string of the molecule is COc1cccc(F)c1-c1nccc2c1CN(c1cc(C)nc(N[C@@H]3CCC[C@H]3O)n1)C2=O. The number of methoxy groups -OCH3 is 1. The van der Waals surface area contributed by atoms with E-state index in [1.54, 1.807) is 24.3 Å². The van der Waals surface area contributed by atoms with E-state index < -0.39 is 11.9 Å². The molecule has 1 aliphatic heterocycles. The average molecular weight is 449 g/mol. The number of fused-ring (bicyclic) bond motifs is 1. The van der Waals surface area contributed by atoms with E-state index in [0.717, 1.165) is 19.3 Å². The van der Waals surface area contributed by atoms with Crippen molar-refractivity contribution in [1.29, 1.82) is 0 Å². The first-order valence-electron chi connectivity index (χ1n) is 10.9. The molecule has 1 fully saturated rings. The number of halogens is 1. The van der Waals surface area contributed by atoms with Crippen LogP contribution in [-0.4, -0.2) is 45.2 Å². The highest BCUT2D eigenvalue weighted by molar-refractivity contribution is 6.10. The van der Waals surface area contributed by atoms with Gasteiger partial charge in [-0.1, -0.05) is 6.07 Å². The summed E-state index contributed by atoms with van der Waals surface area (Å²) in [6.45, 7) is 2.02. The highest BCUT2D eigenvalue weighted by Crippen LogP contribution is 2.38. The van der Waals surface area contributed by atoms with E-state index in [0.29, 0.717) is 40.0 Å². The van der Waals surface area contributed by atoms with Gasteiger partial charge >= 0.3 is 0 Å². The molecule has 170 valence electrons. The Morgan fingerprint density at radius 3 is 2.85 bits per heavy atom. The molecule has 0 spiro atoms. The van der Waals surface area contributed by atoms with Crippen molar-refractivity contribution in [2.75, 3.05) is 17.3 Å². The highest BCUT2D eigenvalue weighted by atomic mass is 19.1. The van der Waals surface area contributed by atoms with Crippen LogP contribution in [0, 0.1) is 12.7 Å². The molecule has 0 unspecified atom stereocenters. The number of hydrogen-bond acceptors (Lipinski definition) is 7. The normalized spacial score (nSPS) is 19.6. The predicted molar refractivity (Wildman–Crippen MR) is 121 cm³/mol. The zero-order chi connectivity index (χ0) is 23.1. The number of aliphatic hydroxyl groups excluding tert-OH is 1. The molecule has 2 atom stereocenters. The lowest BCUT2D eigenvalue weighted by molar-refractivity contribution is 0.0996. The van der Waals surface area contributed by atoms with Crippen molar-refractivity contribution < 1.29 is 19.0 Å². The lowest BCUT2D eigenvalue weighted by atomic mass is 10.0. The number of ether oxygens (including phenoxy) is 1. The summed E-state index contributed by atoms with van der Waals surface area (Å²) in [6.07, 6.45) is 3.57. The molecule has 0 radical (unpaired) electrons. The summed E-state index contributed by atoms with van der Waals surface area (Å²) in [5.74, 6) is 0.440. The van der Waals surface area contributed by atoms with E-state index in [4.69, 9.17) is 4.74 Å². The lowest BCUT2D eigenvalue weighted by Crippen LogP contribution is -2.30. The number of nitrogens with one attached hydrogen (secondary N) is 1. The Morgan fingerprint density at radius 1 is 1.24 bits per heavy atom. The maximum absolute atomic E-state index is 14.8. The van der Waals surface area contributed by atoms with Crippen LogP contribution in [0.3, 0.4) is 0 Å². The molecule has 2 N–H and O–H groups in total. The Hall–Kier alpha value is -3.59. The number of aromatic nitrogens is 3. The van der Waals surface area contributed by atoms with Gasteiger partial charge in [0.15, 0.2) is 0 Å². The molecule has 9 heteroatoms. The predicted octanol–water partition coefficient (Wildman–Crippen LogP) is 3.48. The molecule has 3 aromatic rings. The first-order valence-corrected chi connectivity index (χ1v) is 10.9. The van der Waals surface area contributed by atoms with Gasteiger partial charge in [0.05, 0.1) is 37.1 Å². The van der Waals surface area contributed by atoms with Crippen LogP contribution in [0.15, 0.2) is 36.5 Å². The van der Waals surface area contributed by atoms with E-state index in [1.807, 2.05) is 6.92 Å². The summed E-state index contributed by atoms with van der Waals surface area (Å²) < 4.78 is 20.1. The van der Waals surface area contributed by atoms with Gasteiger partial charge in [0.1, 0.15) is 17.4 Å². The topological polar surface area (TPSA) is 100 Å². The van der Waals surface area contributed by atoms with Crippen molar-refractivity contribution >= 4 is 17.7 Å². The third-order valence-electron chi connectivity index (χ3n) is 6.19. The van der Waals surface area contributed by atoms with Crippen LogP contribution in [-0.2, 0) is 6.54 Å². The van der Waals surface area contributed by atoms with Crippen LogP contribution in [0.5, 0.6) is 5.75 Å². The van der Waals surface area contributed by atoms with Crippen molar-refractivity contribution in [2.24, 2.45) is 0 Å². The summed E-state index contributed by atoms with van der Waals surface area (Å²) in [4.78, 5) is 28.2.